The molecular weight excluding hydrogens is 346 g/mol. The quantitative estimate of drug-likeness (QED) is 0.797. The maximum atomic E-state index is 11.3. The number of benzene rings is 1. The fraction of sp³-hybridized carbons (Fsp3) is 0.579. The number of aromatic nitrogens is 2. The molecule has 2 N–H and O–H groups in total. The van der Waals surface area contributed by atoms with Gasteiger partial charge in [0.2, 0.25) is 5.95 Å². The summed E-state index contributed by atoms with van der Waals surface area (Å²) in [6.45, 7) is 8.60. The molecule has 1 saturated heterocycles. The second-order valence-electron chi connectivity index (χ2n) is 6.78. The topological polar surface area (TPSA) is 85.9 Å². The first-order valence-electron chi connectivity index (χ1n) is 9.56. The van der Waals surface area contributed by atoms with Crippen LogP contribution in [0.25, 0.3) is 11.0 Å². The Hall–Kier alpha value is -2.32. The van der Waals surface area contributed by atoms with Gasteiger partial charge in [0, 0.05) is 33.3 Å². The number of amides is 1. The van der Waals surface area contributed by atoms with Crippen molar-refractivity contribution in [1.82, 2.24) is 14.5 Å². The van der Waals surface area contributed by atoms with Crippen LogP contribution in [0.3, 0.4) is 0 Å². The van der Waals surface area contributed by atoms with Crippen LogP contribution >= 0.6 is 0 Å². The number of anilines is 1. The Morgan fingerprint density at radius 3 is 2.81 bits per heavy atom. The first-order valence-corrected chi connectivity index (χ1v) is 9.56. The molecule has 148 valence electrons. The average molecular weight is 375 g/mol. The van der Waals surface area contributed by atoms with Crippen molar-refractivity contribution in [2.24, 2.45) is 5.73 Å². The van der Waals surface area contributed by atoms with E-state index in [1.165, 1.54) is 6.42 Å². The third-order valence-corrected chi connectivity index (χ3v) is 4.86. The zero-order valence-electron chi connectivity index (χ0n) is 16.2. The number of hydrogen-bond acceptors (Lipinski definition) is 6. The van der Waals surface area contributed by atoms with Gasteiger partial charge in [0.15, 0.2) is 5.75 Å². The molecule has 2 heterocycles. The minimum absolute atomic E-state index is 0.389. The summed E-state index contributed by atoms with van der Waals surface area (Å²) in [6, 6.07) is 5.55. The predicted octanol–water partition coefficient (Wildman–Crippen LogP) is 2.06. The van der Waals surface area contributed by atoms with Gasteiger partial charge in [0.25, 0.3) is 0 Å². The van der Waals surface area contributed by atoms with Crippen molar-refractivity contribution in [1.29, 1.82) is 0 Å². The molecule has 0 spiro atoms. The zero-order chi connectivity index (χ0) is 19.2. The van der Waals surface area contributed by atoms with E-state index in [1.54, 1.807) is 13.2 Å². The number of fused-ring (bicyclic) bond motifs is 1. The minimum Gasteiger partial charge on any atom is -0.408 e. The Labute approximate surface area is 159 Å². The molecule has 0 unspecified atom stereocenters. The van der Waals surface area contributed by atoms with Crippen molar-refractivity contribution in [3.8, 4) is 5.75 Å². The van der Waals surface area contributed by atoms with Crippen molar-refractivity contribution in [3.63, 3.8) is 0 Å². The Morgan fingerprint density at radius 1 is 1.22 bits per heavy atom. The van der Waals surface area contributed by atoms with Crippen LogP contribution in [-0.4, -0.2) is 67.0 Å². The number of imidazole rings is 1. The summed E-state index contributed by atoms with van der Waals surface area (Å²) in [5, 5.41) is 0. The van der Waals surface area contributed by atoms with E-state index in [9.17, 15) is 4.79 Å². The number of primary amides is 1. The summed E-state index contributed by atoms with van der Waals surface area (Å²) >= 11 is 0. The summed E-state index contributed by atoms with van der Waals surface area (Å²) in [6.07, 6.45) is 1.43. The van der Waals surface area contributed by atoms with Crippen LogP contribution < -0.4 is 15.4 Å². The molecule has 27 heavy (non-hydrogen) atoms. The Bertz CT molecular complexity index is 776. The molecule has 0 saturated carbocycles. The Balaban J connectivity index is 1.96. The highest BCUT2D eigenvalue weighted by Crippen LogP contribution is 2.30. The van der Waals surface area contributed by atoms with Crippen LogP contribution in [0.2, 0.25) is 0 Å². The van der Waals surface area contributed by atoms with E-state index >= 15 is 0 Å². The van der Waals surface area contributed by atoms with Gasteiger partial charge in [-0.1, -0.05) is 13.0 Å². The van der Waals surface area contributed by atoms with Gasteiger partial charge in [0.05, 0.1) is 12.1 Å². The molecule has 0 radical (unpaired) electrons. The standard InChI is InChI=1S/C19H29N5O3/c1-3-8-22-9-5-10-23(12-11-22)19-21-17-15(24(19)13-14-26-2)6-4-7-16(17)27-18(20)25/h4,6-7H,3,5,8-14H2,1-2H3,(H2,20,25). The molecular formula is C19H29N5O3. The second kappa shape index (κ2) is 9.05. The maximum absolute atomic E-state index is 11.3. The molecule has 1 aromatic carbocycles. The highest BCUT2D eigenvalue weighted by Gasteiger charge is 2.22. The van der Waals surface area contributed by atoms with E-state index in [4.69, 9.17) is 20.2 Å². The largest absolute Gasteiger partial charge is 0.410 e. The minimum atomic E-state index is -0.833. The number of para-hydroxylation sites is 1. The average Bonchev–Trinajstić information content (AvgIpc) is 2.85. The zero-order valence-corrected chi connectivity index (χ0v) is 16.2. The molecule has 0 aliphatic carbocycles. The molecule has 0 atom stereocenters. The smallest absolute Gasteiger partial charge is 0.408 e. The third-order valence-electron chi connectivity index (χ3n) is 4.86. The monoisotopic (exact) mass is 375 g/mol. The number of nitrogens with two attached hydrogens (primary N) is 1. The highest BCUT2D eigenvalue weighted by atomic mass is 16.5. The summed E-state index contributed by atoms with van der Waals surface area (Å²) < 4.78 is 12.6. The lowest BCUT2D eigenvalue weighted by Gasteiger charge is -2.23. The normalized spacial score (nSPS) is 15.9. The number of ether oxygens (including phenoxy) is 2. The number of carbonyl (C=O) groups is 1. The lowest BCUT2D eigenvalue weighted by molar-refractivity contribution is 0.188. The summed E-state index contributed by atoms with van der Waals surface area (Å²) in [5.41, 5.74) is 6.78. The maximum Gasteiger partial charge on any atom is 0.410 e. The van der Waals surface area contributed by atoms with Crippen molar-refractivity contribution in [2.75, 3.05) is 51.3 Å². The van der Waals surface area contributed by atoms with E-state index in [0.29, 0.717) is 24.4 Å². The highest BCUT2D eigenvalue weighted by molar-refractivity contribution is 5.87. The van der Waals surface area contributed by atoms with E-state index in [2.05, 4.69) is 21.3 Å². The van der Waals surface area contributed by atoms with Crippen molar-refractivity contribution in [3.05, 3.63) is 18.2 Å². The van der Waals surface area contributed by atoms with E-state index < -0.39 is 6.09 Å². The van der Waals surface area contributed by atoms with Gasteiger partial charge in [-0.05, 0) is 38.1 Å². The number of methoxy groups -OCH3 is 1. The number of nitrogens with zero attached hydrogens (tertiary/aromatic N) is 4. The summed E-state index contributed by atoms with van der Waals surface area (Å²) in [4.78, 5) is 20.9. The Morgan fingerprint density at radius 2 is 2.07 bits per heavy atom. The van der Waals surface area contributed by atoms with Crippen molar-refractivity contribution >= 4 is 23.1 Å². The molecule has 1 amide bonds. The van der Waals surface area contributed by atoms with Gasteiger partial charge >= 0.3 is 6.09 Å². The molecule has 2 aromatic rings. The second-order valence-corrected chi connectivity index (χ2v) is 6.78. The van der Waals surface area contributed by atoms with Gasteiger partial charge < -0.3 is 29.6 Å². The van der Waals surface area contributed by atoms with Crippen LogP contribution in [0, 0.1) is 0 Å². The van der Waals surface area contributed by atoms with Crippen molar-refractivity contribution in [2.45, 2.75) is 26.3 Å². The lowest BCUT2D eigenvalue weighted by Crippen LogP contribution is -2.32. The van der Waals surface area contributed by atoms with Crippen LogP contribution in [0.1, 0.15) is 19.8 Å². The van der Waals surface area contributed by atoms with Gasteiger partial charge in [-0.2, -0.15) is 0 Å². The molecule has 1 fully saturated rings. The fourth-order valence-electron chi connectivity index (χ4n) is 3.65. The molecule has 8 heteroatoms. The number of carbonyl (C=O) groups excluding carboxylic acids is 1. The Kier molecular flexibility index (Phi) is 6.52. The molecule has 1 aromatic heterocycles. The first kappa shape index (κ1) is 19.4. The van der Waals surface area contributed by atoms with Gasteiger partial charge in [-0.15, -0.1) is 0 Å². The summed E-state index contributed by atoms with van der Waals surface area (Å²) in [7, 11) is 1.69. The summed E-state index contributed by atoms with van der Waals surface area (Å²) in [5.74, 6) is 1.28. The van der Waals surface area contributed by atoms with E-state index in [-0.39, 0.29) is 0 Å². The van der Waals surface area contributed by atoms with Crippen molar-refractivity contribution < 1.29 is 14.3 Å². The molecule has 0 bridgehead atoms. The molecule has 1 aliphatic rings. The van der Waals surface area contributed by atoms with Gasteiger partial charge in [-0.3, -0.25) is 0 Å². The van der Waals surface area contributed by atoms with Crippen LogP contribution in [-0.2, 0) is 11.3 Å². The molecule has 3 rings (SSSR count). The third kappa shape index (κ3) is 4.51. The number of hydrogen-bond donors (Lipinski definition) is 1. The van der Waals surface area contributed by atoms with Gasteiger partial charge in [0.1, 0.15) is 5.52 Å². The SMILES string of the molecule is CCCN1CCCN(c2nc3c(OC(N)=O)cccc3n2CCOC)CC1. The fourth-order valence-corrected chi connectivity index (χ4v) is 3.65. The lowest BCUT2D eigenvalue weighted by atomic mass is 10.3. The van der Waals surface area contributed by atoms with E-state index in [0.717, 1.165) is 50.6 Å². The van der Waals surface area contributed by atoms with Crippen LogP contribution in [0.5, 0.6) is 5.75 Å². The first-order chi connectivity index (χ1) is 13.1. The van der Waals surface area contributed by atoms with Gasteiger partial charge in [-0.25, -0.2) is 9.78 Å². The van der Waals surface area contributed by atoms with Crippen LogP contribution in [0.15, 0.2) is 18.2 Å². The number of rotatable bonds is 7. The van der Waals surface area contributed by atoms with E-state index in [1.807, 2.05) is 12.1 Å². The van der Waals surface area contributed by atoms with Crippen LogP contribution in [0.4, 0.5) is 10.7 Å². The predicted molar refractivity (Wildman–Crippen MR) is 105 cm³/mol. The molecule has 1 aliphatic heterocycles. The molecule has 8 nitrogen and oxygen atoms in total.